The van der Waals surface area contributed by atoms with Gasteiger partial charge in [-0.2, -0.15) is 0 Å². The fourth-order valence-corrected chi connectivity index (χ4v) is 1.13. The monoisotopic (exact) mass is 231 g/mol. The molecule has 92 valence electrons. The molecule has 0 saturated carbocycles. The number of amides is 1. The molecule has 0 aromatic rings. The van der Waals surface area contributed by atoms with Crippen LogP contribution in [0.3, 0.4) is 0 Å². The van der Waals surface area contributed by atoms with E-state index in [4.69, 9.17) is 5.11 Å². The number of nitrogens with zero attached hydrogens (tertiary/aromatic N) is 1. The Kier molecular flexibility index (Phi) is 5.71. The van der Waals surface area contributed by atoms with Crippen molar-refractivity contribution in [1.29, 1.82) is 0 Å². The summed E-state index contributed by atoms with van der Waals surface area (Å²) in [5.41, 5.74) is 0.253. The first-order chi connectivity index (χ1) is 7.31. The highest BCUT2D eigenvalue weighted by Crippen LogP contribution is 2.13. The number of rotatable bonds is 5. The van der Waals surface area contributed by atoms with Gasteiger partial charge in [0, 0.05) is 6.04 Å². The summed E-state index contributed by atoms with van der Waals surface area (Å²) in [5.74, 6) is -2.87. The first kappa shape index (κ1) is 14.6. The largest absolute Gasteiger partial charge is 0.480 e. The van der Waals surface area contributed by atoms with Gasteiger partial charge in [-0.1, -0.05) is 6.92 Å². The van der Waals surface area contributed by atoms with Crippen LogP contribution in [0.15, 0.2) is 11.4 Å². The number of carbonyl (C=O) groups is 2. The molecule has 0 spiro atoms. The van der Waals surface area contributed by atoms with Gasteiger partial charge in [0.15, 0.2) is 5.83 Å². The van der Waals surface area contributed by atoms with Crippen LogP contribution in [-0.4, -0.2) is 34.5 Å². The molecule has 0 unspecified atom stereocenters. The minimum Gasteiger partial charge on any atom is -0.480 e. The van der Waals surface area contributed by atoms with Crippen LogP contribution in [0, 0.1) is 0 Å². The van der Waals surface area contributed by atoms with E-state index in [2.05, 4.69) is 0 Å². The smallest absolute Gasteiger partial charge is 0.323 e. The maximum absolute atomic E-state index is 13.4. The SMILES string of the molecule is CC[C@@H](C)N(CC(=O)O)C(=O)C(F)=C(C)C. The van der Waals surface area contributed by atoms with Crippen molar-refractivity contribution in [3.8, 4) is 0 Å². The third-order valence-corrected chi connectivity index (χ3v) is 2.32. The van der Waals surface area contributed by atoms with Crippen LogP contribution < -0.4 is 0 Å². The van der Waals surface area contributed by atoms with Gasteiger partial charge in [0.2, 0.25) is 0 Å². The van der Waals surface area contributed by atoms with Crippen LogP contribution in [0.1, 0.15) is 34.1 Å². The fraction of sp³-hybridized carbons (Fsp3) is 0.636. The van der Waals surface area contributed by atoms with Crippen LogP contribution in [-0.2, 0) is 9.59 Å². The zero-order chi connectivity index (χ0) is 12.9. The Morgan fingerprint density at radius 3 is 2.19 bits per heavy atom. The van der Waals surface area contributed by atoms with E-state index in [0.717, 1.165) is 4.90 Å². The molecule has 0 rings (SSSR count). The van der Waals surface area contributed by atoms with Crippen molar-refractivity contribution >= 4 is 11.9 Å². The highest BCUT2D eigenvalue weighted by atomic mass is 19.1. The lowest BCUT2D eigenvalue weighted by atomic mass is 10.2. The van der Waals surface area contributed by atoms with Crippen LogP contribution in [0.25, 0.3) is 0 Å². The van der Waals surface area contributed by atoms with Gasteiger partial charge in [-0.25, -0.2) is 4.39 Å². The number of carboxylic acids is 1. The molecule has 0 aliphatic carbocycles. The minimum atomic E-state index is -1.14. The van der Waals surface area contributed by atoms with E-state index < -0.39 is 24.2 Å². The number of allylic oxidation sites excluding steroid dienone is 1. The topological polar surface area (TPSA) is 57.6 Å². The molecule has 1 amide bonds. The average Bonchev–Trinajstić information content (AvgIpc) is 2.22. The van der Waals surface area contributed by atoms with Crippen molar-refractivity contribution in [3.63, 3.8) is 0 Å². The van der Waals surface area contributed by atoms with E-state index >= 15 is 0 Å². The van der Waals surface area contributed by atoms with Crippen LogP contribution in [0.2, 0.25) is 0 Å². The van der Waals surface area contributed by atoms with E-state index in [1.54, 1.807) is 6.92 Å². The van der Waals surface area contributed by atoms with Crippen LogP contribution >= 0.6 is 0 Å². The van der Waals surface area contributed by atoms with Crippen molar-refractivity contribution in [2.45, 2.75) is 40.2 Å². The summed E-state index contributed by atoms with van der Waals surface area (Å²) in [4.78, 5) is 23.3. The Labute approximate surface area is 94.7 Å². The number of hydrogen-bond acceptors (Lipinski definition) is 2. The molecule has 0 radical (unpaired) electrons. The van der Waals surface area contributed by atoms with Gasteiger partial charge >= 0.3 is 5.97 Å². The van der Waals surface area contributed by atoms with E-state index in [9.17, 15) is 14.0 Å². The van der Waals surface area contributed by atoms with Gasteiger partial charge < -0.3 is 10.0 Å². The summed E-state index contributed by atoms with van der Waals surface area (Å²) in [6.45, 7) is 5.98. The highest BCUT2D eigenvalue weighted by molar-refractivity contribution is 5.93. The third-order valence-electron chi connectivity index (χ3n) is 2.32. The molecule has 0 fully saturated rings. The van der Waals surface area contributed by atoms with Crippen molar-refractivity contribution in [2.24, 2.45) is 0 Å². The molecule has 0 aliphatic rings. The van der Waals surface area contributed by atoms with Gasteiger partial charge in [0.25, 0.3) is 5.91 Å². The van der Waals surface area contributed by atoms with Crippen molar-refractivity contribution in [2.75, 3.05) is 6.54 Å². The van der Waals surface area contributed by atoms with E-state index in [0.29, 0.717) is 6.42 Å². The quantitative estimate of drug-likeness (QED) is 0.736. The molecule has 0 saturated heterocycles. The molecule has 0 aromatic heterocycles. The molecule has 0 bridgehead atoms. The van der Waals surface area contributed by atoms with E-state index in [1.165, 1.54) is 13.8 Å². The fourth-order valence-electron chi connectivity index (χ4n) is 1.13. The zero-order valence-electron chi connectivity index (χ0n) is 10.1. The lowest BCUT2D eigenvalue weighted by Gasteiger charge is -2.26. The molecule has 0 aliphatic heterocycles. The van der Waals surface area contributed by atoms with Crippen LogP contribution in [0.4, 0.5) is 4.39 Å². The van der Waals surface area contributed by atoms with Crippen molar-refractivity contribution < 1.29 is 19.1 Å². The minimum absolute atomic E-state index is 0.253. The first-order valence-electron chi connectivity index (χ1n) is 5.17. The summed E-state index contributed by atoms with van der Waals surface area (Å²) in [7, 11) is 0. The number of carboxylic acid groups (broad SMARTS) is 1. The highest BCUT2D eigenvalue weighted by Gasteiger charge is 2.25. The number of carbonyl (C=O) groups excluding carboxylic acids is 1. The van der Waals surface area contributed by atoms with Crippen molar-refractivity contribution in [1.82, 2.24) is 4.90 Å². The second-order valence-electron chi connectivity index (χ2n) is 3.90. The van der Waals surface area contributed by atoms with Gasteiger partial charge in [0.05, 0.1) is 0 Å². The number of hydrogen-bond donors (Lipinski definition) is 1. The number of aliphatic carboxylic acids is 1. The molecular weight excluding hydrogens is 213 g/mol. The number of halogens is 1. The lowest BCUT2D eigenvalue weighted by molar-refractivity contribution is -0.145. The van der Waals surface area contributed by atoms with Gasteiger partial charge in [-0.05, 0) is 32.8 Å². The van der Waals surface area contributed by atoms with Crippen LogP contribution in [0.5, 0.6) is 0 Å². The molecule has 16 heavy (non-hydrogen) atoms. The summed E-state index contributed by atoms with van der Waals surface area (Å²) in [5, 5.41) is 8.67. The zero-order valence-corrected chi connectivity index (χ0v) is 10.1. The summed E-state index contributed by atoms with van der Waals surface area (Å²) >= 11 is 0. The Bertz CT molecular complexity index is 308. The lowest BCUT2D eigenvalue weighted by Crippen LogP contribution is -2.42. The molecule has 1 N–H and O–H groups in total. The molecule has 0 heterocycles. The normalized spacial score (nSPS) is 11.8. The summed E-state index contributed by atoms with van der Waals surface area (Å²) in [6.07, 6.45) is 0.578. The predicted octanol–water partition coefficient (Wildman–Crippen LogP) is 1.96. The Morgan fingerprint density at radius 2 is 1.88 bits per heavy atom. The molecule has 1 atom stereocenters. The van der Waals surface area contributed by atoms with Gasteiger partial charge in [-0.15, -0.1) is 0 Å². The molecular formula is C11H18FNO3. The Morgan fingerprint density at radius 1 is 1.38 bits per heavy atom. The molecule has 5 heteroatoms. The maximum Gasteiger partial charge on any atom is 0.323 e. The average molecular weight is 231 g/mol. The van der Waals surface area contributed by atoms with Crippen molar-refractivity contribution in [3.05, 3.63) is 11.4 Å². The molecule has 4 nitrogen and oxygen atoms in total. The second kappa shape index (κ2) is 6.25. The third kappa shape index (κ3) is 4.00. The standard InChI is InChI=1S/C11H18FNO3/c1-5-8(4)13(6-9(14)15)11(16)10(12)7(2)3/h8H,5-6H2,1-4H3,(H,14,15)/t8-/m1/s1. The van der Waals surface area contributed by atoms with Gasteiger partial charge in [-0.3, -0.25) is 9.59 Å². The summed E-state index contributed by atoms with van der Waals surface area (Å²) < 4.78 is 13.4. The first-order valence-corrected chi connectivity index (χ1v) is 5.17. The summed E-state index contributed by atoms with van der Waals surface area (Å²) in [6, 6.07) is -0.298. The Hall–Kier alpha value is -1.39. The Balaban J connectivity index is 4.97. The van der Waals surface area contributed by atoms with Gasteiger partial charge in [0.1, 0.15) is 6.54 Å². The van der Waals surface area contributed by atoms with E-state index in [1.807, 2.05) is 6.92 Å². The maximum atomic E-state index is 13.4. The predicted molar refractivity (Wildman–Crippen MR) is 58.6 cm³/mol. The second-order valence-corrected chi connectivity index (χ2v) is 3.90. The molecule has 0 aromatic carbocycles. The van der Waals surface area contributed by atoms with E-state index in [-0.39, 0.29) is 11.6 Å².